The lowest BCUT2D eigenvalue weighted by Crippen LogP contribution is -2.34. The molecular formula is C11H21N5O2S. The molecule has 0 saturated carbocycles. The van der Waals surface area contributed by atoms with Crippen molar-refractivity contribution in [3.05, 3.63) is 12.0 Å². The highest BCUT2D eigenvalue weighted by molar-refractivity contribution is 7.89. The maximum absolute atomic E-state index is 12.4. The largest absolute Gasteiger partial charge is 0.388 e. The molecule has 19 heavy (non-hydrogen) atoms. The number of nitrogens with zero attached hydrogens (tertiary/aromatic N) is 3. The molecule has 108 valence electrons. The van der Waals surface area contributed by atoms with Gasteiger partial charge in [0.05, 0.1) is 5.84 Å². The first-order chi connectivity index (χ1) is 8.82. The number of aryl methyl sites for hydroxylation is 2. The van der Waals surface area contributed by atoms with E-state index in [-0.39, 0.29) is 23.8 Å². The number of aromatic nitrogens is 2. The average Bonchev–Trinajstić information content (AvgIpc) is 2.71. The Labute approximate surface area is 114 Å². The van der Waals surface area contributed by atoms with Gasteiger partial charge in [-0.3, -0.25) is 5.41 Å². The lowest BCUT2D eigenvalue weighted by Gasteiger charge is -2.18. The smallest absolute Gasteiger partial charge is 0.262 e. The van der Waals surface area contributed by atoms with Gasteiger partial charge in [0.15, 0.2) is 5.03 Å². The predicted octanol–water partition coefficient (Wildman–Crippen LogP) is 0.548. The van der Waals surface area contributed by atoms with Gasteiger partial charge in [-0.15, -0.1) is 0 Å². The Morgan fingerprint density at radius 3 is 2.58 bits per heavy atom. The van der Waals surface area contributed by atoms with Gasteiger partial charge in [-0.25, -0.2) is 13.4 Å². The Bertz CT molecular complexity index is 549. The maximum Gasteiger partial charge on any atom is 0.262 e. The van der Waals surface area contributed by atoms with Crippen molar-refractivity contribution < 1.29 is 8.42 Å². The zero-order chi connectivity index (χ0) is 14.6. The fourth-order valence-corrected chi connectivity index (χ4v) is 3.19. The molecule has 0 saturated heterocycles. The number of amidine groups is 1. The summed E-state index contributed by atoms with van der Waals surface area (Å²) in [6, 6.07) is 0. The molecule has 7 nitrogen and oxygen atoms in total. The van der Waals surface area contributed by atoms with Crippen molar-refractivity contribution in [1.29, 1.82) is 5.41 Å². The molecule has 0 fully saturated rings. The SMILES string of the molecule is CCN(CCC(=N)N)S(=O)(=O)c1cn(CC)c(C)n1. The van der Waals surface area contributed by atoms with Gasteiger partial charge in [-0.05, 0) is 13.8 Å². The van der Waals surface area contributed by atoms with Gasteiger partial charge in [0.25, 0.3) is 10.0 Å². The number of hydrogen-bond donors (Lipinski definition) is 2. The van der Waals surface area contributed by atoms with Crippen LogP contribution in [-0.4, -0.2) is 41.2 Å². The van der Waals surface area contributed by atoms with E-state index in [4.69, 9.17) is 11.1 Å². The molecule has 1 aromatic rings. The molecule has 0 bridgehead atoms. The fourth-order valence-electron chi connectivity index (χ4n) is 1.75. The first-order valence-corrected chi connectivity index (χ1v) is 7.63. The van der Waals surface area contributed by atoms with Crippen LogP contribution in [0, 0.1) is 12.3 Å². The third-order valence-corrected chi connectivity index (χ3v) is 4.73. The Hall–Kier alpha value is -1.41. The zero-order valence-corrected chi connectivity index (χ0v) is 12.4. The first kappa shape index (κ1) is 15.6. The normalized spacial score (nSPS) is 12.0. The van der Waals surface area contributed by atoms with Crippen molar-refractivity contribution in [3.63, 3.8) is 0 Å². The summed E-state index contributed by atoms with van der Waals surface area (Å²) in [7, 11) is -3.61. The monoisotopic (exact) mass is 287 g/mol. The topological polar surface area (TPSA) is 105 Å². The highest BCUT2D eigenvalue weighted by Crippen LogP contribution is 2.15. The molecule has 1 rings (SSSR count). The number of sulfonamides is 1. The number of nitrogens with one attached hydrogen (secondary N) is 1. The number of rotatable bonds is 7. The Morgan fingerprint density at radius 1 is 1.53 bits per heavy atom. The molecule has 3 N–H and O–H groups in total. The Morgan fingerprint density at radius 2 is 2.16 bits per heavy atom. The van der Waals surface area contributed by atoms with Crippen molar-refractivity contribution in [2.24, 2.45) is 5.73 Å². The zero-order valence-electron chi connectivity index (χ0n) is 11.5. The standard InChI is InChI=1S/C11H21N5O2S/c1-4-15-8-11(14-9(15)3)19(17,18)16(5-2)7-6-10(12)13/h8H,4-7H2,1-3H3,(H3,12,13). The van der Waals surface area contributed by atoms with Gasteiger partial charge in [-0.2, -0.15) is 4.31 Å². The minimum absolute atomic E-state index is 0.0241. The highest BCUT2D eigenvalue weighted by atomic mass is 32.2. The van der Waals surface area contributed by atoms with Crippen LogP contribution >= 0.6 is 0 Å². The van der Waals surface area contributed by atoms with Gasteiger partial charge in [-0.1, -0.05) is 6.92 Å². The summed E-state index contributed by atoms with van der Waals surface area (Å²) in [5.74, 6) is 0.646. The second kappa shape index (κ2) is 6.16. The summed E-state index contributed by atoms with van der Waals surface area (Å²) in [4.78, 5) is 4.10. The molecule has 0 aliphatic rings. The number of hydrogen-bond acceptors (Lipinski definition) is 4. The lowest BCUT2D eigenvalue weighted by atomic mass is 10.4. The summed E-state index contributed by atoms with van der Waals surface area (Å²) in [6.45, 7) is 6.65. The van der Waals surface area contributed by atoms with Gasteiger partial charge in [0, 0.05) is 32.3 Å². The van der Waals surface area contributed by atoms with Crippen LogP contribution in [0.3, 0.4) is 0 Å². The van der Waals surface area contributed by atoms with Gasteiger partial charge < -0.3 is 10.3 Å². The minimum atomic E-state index is -3.61. The lowest BCUT2D eigenvalue weighted by molar-refractivity contribution is 0.434. The van der Waals surface area contributed by atoms with E-state index in [0.717, 1.165) is 0 Å². The van der Waals surface area contributed by atoms with E-state index < -0.39 is 10.0 Å². The Balaban J connectivity index is 3.02. The van der Waals surface area contributed by atoms with Crippen LogP contribution in [0.15, 0.2) is 11.2 Å². The highest BCUT2D eigenvalue weighted by Gasteiger charge is 2.26. The molecule has 0 aliphatic carbocycles. The summed E-state index contributed by atoms with van der Waals surface area (Å²) >= 11 is 0. The second-order valence-corrected chi connectivity index (χ2v) is 6.07. The summed E-state index contributed by atoms with van der Waals surface area (Å²) in [5, 5.41) is 7.23. The van der Waals surface area contributed by atoms with Crippen molar-refractivity contribution in [2.75, 3.05) is 13.1 Å². The quantitative estimate of drug-likeness (QED) is 0.564. The molecule has 0 unspecified atom stereocenters. The summed E-state index contributed by atoms with van der Waals surface area (Å²) in [5.41, 5.74) is 5.27. The van der Waals surface area contributed by atoms with Gasteiger partial charge >= 0.3 is 0 Å². The van der Waals surface area contributed by atoms with Crippen molar-refractivity contribution in [1.82, 2.24) is 13.9 Å². The predicted molar refractivity (Wildman–Crippen MR) is 73.6 cm³/mol. The van der Waals surface area contributed by atoms with Crippen LogP contribution in [0.2, 0.25) is 0 Å². The third-order valence-electron chi connectivity index (χ3n) is 2.88. The van der Waals surface area contributed by atoms with E-state index >= 15 is 0 Å². The van der Waals surface area contributed by atoms with Crippen LogP contribution in [0.25, 0.3) is 0 Å². The summed E-state index contributed by atoms with van der Waals surface area (Å²) in [6.07, 6.45) is 1.77. The Kier molecular flexibility index (Phi) is 5.07. The minimum Gasteiger partial charge on any atom is -0.388 e. The van der Waals surface area contributed by atoms with E-state index in [1.807, 2.05) is 6.92 Å². The van der Waals surface area contributed by atoms with E-state index in [9.17, 15) is 8.42 Å². The van der Waals surface area contributed by atoms with Crippen molar-refractivity contribution in [3.8, 4) is 0 Å². The van der Waals surface area contributed by atoms with Gasteiger partial charge in [0.1, 0.15) is 5.82 Å². The van der Waals surface area contributed by atoms with Crippen LogP contribution < -0.4 is 5.73 Å². The molecule has 0 atom stereocenters. The van der Waals surface area contributed by atoms with E-state index in [0.29, 0.717) is 18.9 Å². The third kappa shape index (κ3) is 3.54. The number of imidazole rings is 1. The van der Waals surface area contributed by atoms with Gasteiger partial charge in [0.2, 0.25) is 0 Å². The fraction of sp³-hybridized carbons (Fsp3) is 0.636. The molecule has 0 spiro atoms. The molecule has 1 aromatic heterocycles. The van der Waals surface area contributed by atoms with E-state index in [2.05, 4.69) is 4.98 Å². The maximum atomic E-state index is 12.4. The average molecular weight is 287 g/mol. The first-order valence-electron chi connectivity index (χ1n) is 6.19. The summed E-state index contributed by atoms with van der Waals surface area (Å²) < 4.78 is 27.9. The van der Waals surface area contributed by atoms with Crippen LogP contribution in [0.1, 0.15) is 26.1 Å². The molecule has 0 radical (unpaired) electrons. The van der Waals surface area contributed by atoms with Crippen LogP contribution in [0.5, 0.6) is 0 Å². The molecule has 0 amide bonds. The molecule has 0 aromatic carbocycles. The van der Waals surface area contributed by atoms with Crippen molar-refractivity contribution >= 4 is 15.9 Å². The number of nitrogens with two attached hydrogens (primary N) is 1. The van der Waals surface area contributed by atoms with E-state index in [1.54, 1.807) is 24.6 Å². The second-order valence-electron chi connectivity index (χ2n) is 4.18. The molecule has 0 aliphatic heterocycles. The van der Waals surface area contributed by atoms with Crippen molar-refractivity contribution in [2.45, 2.75) is 38.8 Å². The van der Waals surface area contributed by atoms with E-state index in [1.165, 1.54) is 4.31 Å². The van der Waals surface area contributed by atoms with Crippen LogP contribution in [-0.2, 0) is 16.6 Å². The molecule has 8 heteroatoms. The molecular weight excluding hydrogens is 266 g/mol. The van der Waals surface area contributed by atoms with Crippen LogP contribution in [0.4, 0.5) is 0 Å². The molecule has 1 heterocycles.